The molecule has 0 aromatic heterocycles. The molecule has 2 unspecified atom stereocenters. The molecule has 0 amide bonds. The fourth-order valence-corrected chi connectivity index (χ4v) is 4.06. The van der Waals surface area contributed by atoms with Gasteiger partial charge in [-0.1, -0.05) is 37.6 Å². The summed E-state index contributed by atoms with van der Waals surface area (Å²) in [6.45, 7) is 3.55. The van der Waals surface area contributed by atoms with E-state index in [2.05, 4.69) is 36.5 Å². The first kappa shape index (κ1) is 15.9. The summed E-state index contributed by atoms with van der Waals surface area (Å²) >= 11 is 2.05. The van der Waals surface area contributed by atoms with Gasteiger partial charge in [0.15, 0.2) is 0 Å². The highest BCUT2D eigenvalue weighted by Gasteiger charge is 2.19. The molecule has 3 heteroatoms. The number of thioether (sulfide) groups is 1. The summed E-state index contributed by atoms with van der Waals surface area (Å²) in [5, 5.41) is 12.9. The first-order chi connectivity index (χ1) is 9.85. The van der Waals surface area contributed by atoms with Gasteiger partial charge in [0.1, 0.15) is 0 Å². The van der Waals surface area contributed by atoms with Crippen molar-refractivity contribution in [1.29, 1.82) is 0 Å². The van der Waals surface area contributed by atoms with Gasteiger partial charge in [0.25, 0.3) is 0 Å². The lowest BCUT2D eigenvalue weighted by molar-refractivity contribution is 0.246. The zero-order valence-electron chi connectivity index (χ0n) is 12.5. The quantitative estimate of drug-likeness (QED) is 0.808. The van der Waals surface area contributed by atoms with E-state index < -0.39 is 0 Å². The van der Waals surface area contributed by atoms with Crippen LogP contribution in [0.4, 0.5) is 0 Å². The largest absolute Gasteiger partial charge is 0.396 e. The van der Waals surface area contributed by atoms with Gasteiger partial charge < -0.3 is 10.4 Å². The number of benzene rings is 1. The Kier molecular flexibility index (Phi) is 6.91. The van der Waals surface area contributed by atoms with Crippen LogP contribution in [0.5, 0.6) is 0 Å². The summed E-state index contributed by atoms with van der Waals surface area (Å²) in [4.78, 5) is 0. The van der Waals surface area contributed by atoms with Gasteiger partial charge >= 0.3 is 0 Å². The van der Waals surface area contributed by atoms with E-state index in [0.29, 0.717) is 18.6 Å². The molecule has 112 valence electrons. The van der Waals surface area contributed by atoms with Gasteiger partial charge in [-0.15, -0.1) is 0 Å². The predicted octanol–water partition coefficient (Wildman–Crippen LogP) is 3.41. The molecular formula is C17H27NOS. The zero-order valence-corrected chi connectivity index (χ0v) is 13.3. The Morgan fingerprint density at radius 3 is 3.00 bits per heavy atom. The first-order valence-corrected chi connectivity index (χ1v) is 9.00. The maximum Gasteiger partial charge on any atom is 0.0434 e. The van der Waals surface area contributed by atoms with Crippen molar-refractivity contribution < 1.29 is 5.11 Å². The third kappa shape index (κ3) is 4.51. The summed E-state index contributed by atoms with van der Waals surface area (Å²) in [7, 11) is 0. The summed E-state index contributed by atoms with van der Waals surface area (Å²) in [6.07, 6.45) is 4.51. The van der Waals surface area contributed by atoms with Crippen molar-refractivity contribution in [2.75, 3.05) is 24.7 Å². The van der Waals surface area contributed by atoms with Gasteiger partial charge in [-0.25, -0.2) is 0 Å². The van der Waals surface area contributed by atoms with Crippen LogP contribution in [-0.2, 0) is 6.42 Å². The van der Waals surface area contributed by atoms with Gasteiger partial charge in [-0.3, -0.25) is 0 Å². The number of fused-ring (bicyclic) bond motifs is 1. The Hall–Kier alpha value is -0.510. The van der Waals surface area contributed by atoms with Crippen LogP contribution in [0.3, 0.4) is 0 Å². The Bertz CT molecular complexity index is 390. The van der Waals surface area contributed by atoms with Crippen LogP contribution in [0.1, 0.15) is 43.4 Å². The van der Waals surface area contributed by atoms with Crippen molar-refractivity contribution in [3.63, 3.8) is 0 Å². The van der Waals surface area contributed by atoms with Crippen LogP contribution < -0.4 is 5.32 Å². The van der Waals surface area contributed by atoms with Crippen molar-refractivity contribution in [2.24, 2.45) is 5.92 Å². The fraction of sp³-hybridized carbons (Fsp3) is 0.647. The molecular weight excluding hydrogens is 266 g/mol. The topological polar surface area (TPSA) is 32.3 Å². The molecule has 0 bridgehead atoms. The van der Waals surface area contributed by atoms with Crippen LogP contribution in [-0.4, -0.2) is 29.8 Å². The van der Waals surface area contributed by atoms with Crippen molar-refractivity contribution in [3.05, 3.63) is 35.4 Å². The molecule has 1 aliphatic heterocycles. The van der Waals surface area contributed by atoms with E-state index in [0.717, 1.165) is 18.7 Å². The first-order valence-electron chi connectivity index (χ1n) is 7.85. The Balaban J connectivity index is 1.97. The summed E-state index contributed by atoms with van der Waals surface area (Å²) in [5.74, 6) is 2.99. The Morgan fingerprint density at radius 1 is 1.35 bits per heavy atom. The number of aliphatic hydroxyl groups excluding tert-OH is 1. The highest BCUT2D eigenvalue weighted by molar-refractivity contribution is 7.99. The van der Waals surface area contributed by atoms with Crippen molar-refractivity contribution >= 4 is 11.8 Å². The summed E-state index contributed by atoms with van der Waals surface area (Å²) in [5.41, 5.74) is 2.99. The molecule has 0 aliphatic carbocycles. The van der Waals surface area contributed by atoms with Crippen molar-refractivity contribution in [1.82, 2.24) is 5.32 Å². The lowest BCUT2D eigenvalue weighted by Gasteiger charge is -2.23. The number of rotatable bonds is 7. The molecule has 0 saturated carbocycles. The third-order valence-electron chi connectivity index (χ3n) is 4.12. The van der Waals surface area contributed by atoms with E-state index in [1.54, 1.807) is 0 Å². The molecule has 1 aromatic rings. The van der Waals surface area contributed by atoms with Gasteiger partial charge in [-0.2, -0.15) is 11.8 Å². The summed E-state index contributed by atoms with van der Waals surface area (Å²) < 4.78 is 0. The second-order valence-corrected chi connectivity index (χ2v) is 6.80. The van der Waals surface area contributed by atoms with E-state index in [1.165, 1.54) is 36.1 Å². The molecule has 2 rings (SSSR count). The van der Waals surface area contributed by atoms with E-state index in [-0.39, 0.29) is 0 Å². The number of nitrogens with one attached hydrogen (secondary N) is 1. The van der Waals surface area contributed by atoms with E-state index in [4.69, 9.17) is 0 Å². The minimum absolute atomic E-state index is 0.308. The molecule has 1 heterocycles. The SMILES string of the molecule is CCCC(CCO)CNC1CSCCc2ccccc21. The molecule has 2 N–H and O–H groups in total. The van der Waals surface area contributed by atoms with Crippen molar-refractivity contribution in [2.45, 2.75) is 38.6 Å². The maximum atomic E-state index is 9.17. The Morgan fingerprint density at radius 2 is 2.20 bits per heavy atom. The number of aryl methyl sites for hydroxylation is 1. The average Bonchev–Trinajstić information content (AvgIpc) is 2.67. The number of aliphatic hydroxyl groups is 1. The van der Waals surface area contributed by atoms with Crippen LogP contribution in [0.25, 0.3) is 0 Å². The standard InChI is InChI=1S/C17H27NOS/c1-2-5-14(8-10-19)12-18-17-13-20-11-9-15-6-3-4-7-16(15)17/h3-4,6-7,14,17-19H,2,5,8-13H2,1H3. The van der Waals surface area contributed by atoms with Gasteiger partial charge in [0.05, 0.1) is 0 Å². The summed E-state index contributed by atoms with van der Waals surface area (Å²) in [6, 6.07) is 9.32. The maximum absolute atomic E-state index is 9.17. The molecule has 1 aliphatic rings. The average molecular weight is 293 g/mol. The zero-order chi connectivity index (χ0) is 14.2. The number of hydrogen-bond acceptors (Lipinski definition) is 3. The molecule has 1 aromatic carbocycles. The van der Waals surface area contributed by atoms with Crippen molar-refractivity contribution in [3.8, 4) is 0 Å². The molecule has 0 fully saturated rings. The molecule has 0 saturated heterocycles. The molecule has 2 atom stereocenters. The minimum atomic E-state index is 0.308. The second kappa shape index (κ2) is 8.71. The van der Waals surface area contributed by atoms with Gasteiger partial charge in [0, 0.05) is 18.4 Å². The lowest BCUT2D eigenvalue weighted by atomic mass is 9.97. The Labute approximate surface area is 127 Å². The third-order valence-corrected chi connectivity index (χ3v) is 5.18. The highest BCUT2D eigenvalue weighted by Crippen LogP contribution is 2.27. The predicted molar refractivity (Wildman–Crippen MR) is 88.3 cm³/mol. The molecule has 2 nitrogen and oxygen atoms in total. The van der Waals surface area contributed by atoms with Gasteiger partial charge in [-0.05, 0) is 48.6 Å². The van der Waals surface area contributed by atoms with Crippen LogP contribution in [0.2, 0.25) is 0 Å². The van der Waals surface area contributed by atoms with Gasteiger partial charge in [0.2, 0.25) is 0 Å². The second-order valence-electron chi connectivity index (χ2n) is 5.65. The smallest absolute Gasteiger partial charge is 0.0434 e. The van der Waals surface area contributed by atoms with E-state index in [1.807, 2.05) is 11.8 Å². The normalized spacial score (nSPS) is 20.2. The molecule has 0 radical (unpaired) electrons. The van der Waals surface area contributed by atoms with Crippen LogP contribution >= 0.6 is 11.8 Å². The number of hydrogen-bond donors (Lipinski definition) is 2. The monoisotopic (exact) mass is 293 g/mol. The van der Waals surface area contributed by atoms with Crippen LogP contribution in [0.15, 0.2) is 24.3 Å². The van der Waals surface area contributed by atoms with E-state index in [9.17, 15) is 5.11 Å². The highest BCUT2D eigenvalue weighted by atomic mass is 32.2. The van der Waals surface area contributed by atoms with Crippen LogP contribution in [0, 0.1) is 5.92 Å². The molecule has 0 spiro atoms. The minimum Gasteiger partial charge on any atom is -0.396 e. The van der Waals surface area contributed by atoms with E-state index >= 15 is 0 Å². The lowest BCUT2D eigenvalue weighted by Crippen LogP contribution is -2.29. The fourth-order valence-electron chi connectivity index (χ4n) is 2.99. The molecule has 20 heavy (non-hydrogen) atoms.